The van der Waals surface area contributed by atoms with Crippen molar-refractivity contribution < 1.29 is 9.18 Å². The second-order valence-corrected chi connectivity index (χ2v) is 5.43. The highest BCUT2D eigenvalue weighted by Crippen LogP contribution is 2.16. The van der Waals surface area contributed by atoms with E-state index in [1.165, 1.54) is 12.1 Å². The molecule has 114 valence electrons. The Kier molecular flexibility index (Phi) is 4.04. The topological polar surface area (TPSA) is 36.4 Å². The molecule has 0 bridgehead atoms. The Morgan fingerprint density at radius 2 is 1.82 bits per heavy atom. The SMILES string of the molecule is Cc1cccc(N2CCN(C(=O)c3cccc(F)c3)CC2)n1. The molecule has 1 aromatic heterocycles. The molecular weight excluding hydrogens is 281 g/mol. The lowest BCUT2D eigenvalue weighted by atomic mass is 10.1. The van der Waals surface area contributed by atoms with E-state index in [1.54, 1.807) is 17.0 Å². The Morgan fingerprint density at radius 3 is 2.50 bits per heavy atom. The highest BCUT2D eigenvalue weighted by molar-refractivity contribution is 5.94. The lowest BCUT2D eigenvalue weighted by Crippen LogP contribution is -2.49. The molecule has 0 unspecified atom stereocenters. The lowest BCUT2D eigenvalue weighted by molar-refractivity contribution is 0.0746. The van der Waals surface area contributed by atoms with Gasteiger partial charge in [0.15, 0.2) is 0 Å². The lowest BCUT2D eigenvalue weighted by Gasteiger charge is -2.35. The fourth-order valence-electron chi connectivity index (χ4n) is 2.65. The van der Waals surface area contributed by atoms with Gasteiger partial charge in [-0.25, -0.2) is 9.37 Å². The monoisotopic (exact) mass is 299 g/mol. The van der Waals surface area contributed by atoms with Crippen molar-refractivity contribution in [1.29, 1.82) is 0 Å². The van der Waals surface area contributed by atoms with E-state index in [2.05, 4.69) is 9.88 Å². The Labute approximate surface area is 129 Å². The molecule has 0 aliphatic carbocycles. The van der Waals surface area contributed by atoms with Crippen LogP contribution in [0.4, 0.5) is 10.2 Å². The zero-order chi connectivity index (χ0) is 15.5. The summed E-state index contributed by atoms with van der Waals surface area (Å²) in [6, 6.07) is 11.8. The van der Waals surface area contributed by atoms with Crippen molar-refractivity contribution in [1.82, 2.24) is 9.88 Å². The normalized spacial score (nSPS) is 15.0. The van der Waals surface area contributed by atoms with E-state index in [4.69, 9.17) is 0 Å². The van der Waals surface area contributed by atoms with E-state index in [9.17, 15) is 9.18 Å². The van der Waals surface area contributed by atoms with Gasteiger partial charge in [0.05, 0.1) is 0 Å². The molecule has 2 aromatic rings. The summed E-state index contributed by atoms with van der Waals surface area (Å²) in [4.78, 5) is 20.8. The van der Waals surface area contributed by atoms with Crippen LogP contribution in [0.2, 0.25) is 0 Å². The van der Waals surface area contributed by atoms with Crippen LogP contribution in [0, 0.1) is 12.7 Å². The number of amides is 1. The number of anilines is 1. The number of carbonyl (C=O) groups excluding carboxylic acids is 1. The molecule has 4 nitrogen and oxygen atoms in total. The molecule has 1 fully saturated rings. The summed E-state index contributed by atoms with van der Waals surface area (Å²) in [5.74, 6) is 0.447. The van der Waals surface area contributed by atoms with E-state index in [0.29, 0.717) is 18.7 Å². The first-order valence-electron chi connectivity index (χ1n) is 7.37. The van der Waals surface area contributed by atoms with E-state index >= 15 is 0 Å². The fourth-order valence-corrected chi connectivity index (χ4v) is 2.65. The predicted octanol–water partition coefficient (Wildman–Crippen LogP) is 2.49. The highest BCUT2D eigenvalue weighted by Gasteiger charge is 2.23. The van der Waals surface area contributed by atoms with Crippen LogP contribution in [-0.2, 0) is 0 Å². The zero-order valence-corrected chi connectivity index (χ0v) is 12.5. The summed E-state index contributed by atoms with van der Waals surface area (Å²) in [5.41, 5.74) is 1.39. The second kappa shape index (κ2) is 6.13. The predicted molar refractivity (Wildman–Crippen MR) is 83.5 cm³/mol. The maximum Gasteiger partial charge on any atom is 0.254 e. The van der Waals surface area contributed by atoms with Gasteiger partial charge in [-0.3, -0.25) is 4.79 Å². The smallest absolute Gasteiger partial charge is 0.254 e. The molecule has 1 aromatic carbocycles. The first-order valence-corrected chi connectivity index (χ1v) is 7.37. The molecule has 1 aliphatic rings. The van der Waals surface area contributed by atoms with Crippen LogP contribution in [0.5, 0.6) is 0 Å². The number of hydrogen-bond donors (Lipinski definition) is 0. The quantitative estimate of drug-likeness (QED) is 0.855. The number of hydrogen-bond acceptors (Lipinski definition) is 3. The number of rotatable bonds is 2. The molecule has 22 heavy (non-hydrogen) atoms. The van der Waals surface area contributed by atoms with Crippen LogP contribution >= 0.6 is 0 Å². The minimum Gasteiger partial charge on any atom is -0.353 e. The third kappa shape index (κ3) is 3.08. The molecule has 5 heteroatoms. The number of carbonyl (C=O) groups is 1. The fraction of sp³-hybridized carbons (Fsp3) is 0.294. The molecule has 3 rings (SSSR count). The number of aromatic nitrogens is 1. The van der Waals surface area contributed by atoms with Crippen LogP contribution in [-0.4, -0.2) is 42.0 Å². The average molecular weight is 299 g/mol. The van der Waals surface area contributed by atoms with Crippen LogP contribution in [0.15, 0.2) is 42.5 Å². The van der Waals surface area contributed by atoms with Gasteiger partial charge in [-0.2, -0.15) is 0 Å². The highest BCUT2D eigenvalue weighted by atomic mass is 19.1. The van der Waals surface area contributed by atoms with Gasteiger partial charge in [-0.05, 0) is 37.3 Å². The van der Waals surface area contributed by atoms with Crippen molar-refractivity contribution in [2.75, 3.05) is 31.1 Å². The van der Waals surface area contributed by atoms with E-state index in [1.807, 2.05) is 25.1 Å². The van der Waals surface area contributed by atoms with Gasteiger partial charge in [-0.1, -0.05) is 12.1 Å². The van der Waals surface area contributed by atoms with Gasteiger partial charge >= 0.3 is 0 Å². The minimum absolute atomic E-state index is 0.114. The van der Waals surface area contributed by atoms with Gasteiger partial charge < -0.3 is 9.80 Å². The van der Waals surface area contributed by atoms with Crippen molar-refractivity contribution in [2.45, 2.75) is 6.92 Å². The van der Waals surface area contributed by atoms with Crippen LogP contribution in [0.1, 0.15) is 16.1 Å². The van der Waals surface area contributed by atoms with Crippen molar-refractivity contribution in [3.05, 3.63) is 59.5 Å². The van der Waals surface area contributed by atoms with Crippen LogP contribution < -0.4 is 4.90 Å². The molecule has 1 aliphatic heterocycles. The summed E-state index contributed by atoms with van der Waals surface area (Å²) >= 11 is 0. The third-order valence-electron chi connectivity index (χ3n) is 3.84. The Hall–Kier alpha value is -2.43. The Morgan fingerprint density at radius 1 is 1.09 bits per heavy atom. The number of benzene rings is 1. The number of piperazine rings is 1. The summed E-state index contributed by atoms with van der Waals surface area (Å²) in [5, 5.41) is 0. The first-order chi connectivity index (χ1) is 10.6. The molecule has 0 atom stereocenters. The maximum absolute atomic E-state index is 13.2. The van der Waals surface area contributed by atoms with Crippen molar-refractivity contribution in [2.24, 2.45) is 0 Å². The number of halogens is 1. The van der Waals surface area contributed by atoms with E-state index in [0.717, 1.165) is 24.6 Å². The summed E-state index contributed by atoms with van der Waals surface area (Å²) < 4.78 is 13.2. The van der Waals surface area contributed by atoms with Crippen molar-refractivity contribution in [3.63, 3.8) is 0 Å². The average Bonchev–Trinajstić information content (AvgIpc) is 2.54. The summed E-state index contributed by atoms with van der Waals surface area (Å²) in [6.45, 7) is 4.66. The van der Waals surface area contributed by atoms with Crippen molar-refractivity contribution in [3.8, 4) is 0 Å². The largest absolute Gasteiger partial charge is 0.353 e. The van der Waals surface area contributed by atoms with Crippen molar-refractivity contribution >= 4 is 11.7 Å². The van der Waals surface area contributed by atoms with Crippen LogP contribution in [0.3, 0.4) is 0 Å². The zero-order valence-electron chi connectivity index (χ0n) is 12.5. The summed E-state index contributed by atoms with van der Waals surface area (Å²) in [7, 11) is 0. The molecule has 2 heterocycles. The van der Waals surface area contributed by atoms with Gasteiger partial charge in [0.2, 0.25) is 0 Å². The molecule has 0 saturated carbocycles. The third-order valence-corrected chi connectivity index (χ3v) is 3.84. The van der Waals surface area contributed by atoms with Gasteiger partial charge in [0.25, 0.3) is 5.91 Å². The Balaban J connectivity index is 1.65. The number of aryl methyl sites for hydroxylation is 1. The molecular formula is C17H18FN3O. The van der Waals surface area contributed by atoms with Gasteiger partial charge in [-0.15, -0.1) is 0 Å². The molecule has 0 N–H and O–H groups in total. The number of nitrogens with zero attached hydrogens (tertiary/aromatic N) is 3. The van der Waals surface area contributed by atoms with E-state index < -0.39 is 0 Å². The molecule has 0 spiro atoms. The maximum atomic E-state index is 13.2. The summed E-state index contributed by atoms with van der Waals surface area (Å²) in [6.07, 6.45) is 0. The van der Waals surface area contributed by atoms with Gasteiger partial charge in [0.1, 0.15) is 11.6 Å². The molecule has 1 saturated heterocycles. The van der Waals surface area contributed by atoms with E-state index in [-0.39, 0.29) is 11.7 Å². The van der Waals surface area contributed by atoms with Gasteiger partial charge in [0, 0.05) is 37.4 Å². The second-order valence-electron chi connectivity index (χ2n) is 5.43. The minimum atomic E-state index is -0.381. The van der Waals surface area contributed by atoms with Crippen LogP contribution in [0.25, 0.3) is 0 Å². The first kappa shape index (κ1) is 14.5. The number of pyridine rings is 1. The Bertz CT molecular complexity index is 681. The molecule has 1 amide bonds. The standard InChI is InChI=1S/C17H18FN3O/c1-13-4-2-7-16(19-13)20-8-10-21(11-9-20)17(22)14-5-3-6-15(18)12-14/h2-7,12H,8-11H2,1H3. The molecule has 0 radical (unpaired) electrons.